The number of benzene rings is 4. The number of fused-ring (bicyclic) bond motifs is 1. The standard InChI is InChI=1S/C36H28ClI2N3O4S/c1-3-45-28-14-12-23(13-15-28)32-31(34(43)41-27-10-5-4-6-11-27)21(2)40-36-42(32)35(44)30(47-36)18-24-17-26(38)19-29(39)33(24)46-20-22-8-7-9-25(37)16-22/h4-19,32H,3,20H2,1-2H3,(H,41,43)/b30-18-/t32-/m1/s1. The zero-order valence-corrected chi connectivity index (χ0v) is 31.2. The van der Waals surface area contributed by atoms with Crippen LogP contribution < -0.4 is 29.7 Å². The van der Waals surface area contributed by atoms with Crippen LogP contribution in [0.3, 0.4) is 0 Å². The van der Waals surface area contributed by atoms with Crippen molar-refractivity contribution in [3.8, 4) is 11.5 Å². The first-order valence-electron chi connectivity index (χ1n) is 14.7. The first-order chi connectivity index (χ1) is 22.7. The van der Waals surface area contributed by atoms with Crippen LogP contribution in [0.2, 0.25) is 5.02 Å². The fourth-order valence-corrected chi connectivity index (χ4v) is 8.62. The highest BCUT2D eigenvalue weighted by Gasteiger charge is 2.32. The minimum atomic E-state index is -0.706. The highest BCUT2D eigenvalue weighted by atomic mass is 127. The van der Waals surface area contributed by atoms with Gasteiger partial charge in [0, 0.05) is 19.8 Å². The number of halogens is 3. The Kier molecular flexibility index (Phi) is 10.5. The Labute approximate surface area is 307 Å². The van der Waals surface area contributed by atoms with E-state index >= 15 is 0 Å². The van der Waals surface area contributed by atoms with Crippen LogP contribution in [-0.2, 0) is 11.4 Å². The monoisotopic (exact) mass is 887 g/mol. The molecule has 5 aromatic rings. The Hall–Kier alpha value is -3.46. The van der Waals surface area contributed by atoms with Crippen LogP contribution >= 0.6 is 68.1 Å². The minimum absolute atomic E-state index is 0.250. The van der Waals surface area contributed by atoms with E-state index in [2.05, 4.69) is 50.5 Å². The lowest BCUT2D eigenvalue weighted by atomic mass is 9.95. The maximum absolute atomic E-state index is 14.3. The van der Waals surface area contributed by atoms with Gasteiger partial charge in [-0.05, 0) is 125 Å². The number of para-hydroxylation sites is 1. The smallest absolute Gasteiger partial charge is 0.271 e. The molecule has 1 aliphatic rings. The second-order valence-corrected chi connectivity index (χ2v) is 14.5. The Bertz CT molecular complexity index is 2180. The molecule has 1 aliphatic heterocycles. The first-order valence-corrected chi connectivity index (χ1v) is 18.0. The molecule has 0 bridgehead atoms. The predicted octanol–water partition coefficient (Wildman–Crippen LogP) is 7.71. The maximum Gasteiger partial charge on any atom is 0.271 e. The van der Waals surface area contributed by atoms with Gasteiger partial charge in [0.05, 0.1) is 32.0 Å². The second-order valence-electron chi connectivity index (χ2n) is 10.6. The van der Waals surface area contributed by atoms with Crippen molar-refractivity contribution in [1.29, 1.82) is 0 Å². The molecule has 238 valence electrons. The number of carbonyl (C=O) groups is 1. The van der Waals surface area contributed by atoms with E-state index in [1.54, 1.807) is 4.57 Å². The summed E-state index contributed by atoms with van der Waals surface area (Å²) in [6.45, 7) is 4.58. The summed E-state index contributed by atoms with van der Waals surface area (Å²) in [6.07, 6.45) is 1.85. The summed E-state index contributed by atoms with van der Waals surface area (Å²) in [5.41, 5.74) is 3.81. The van der Waals surface area contributed by atoms with Crippen molar-refractivity contribution < 1.29 is 14.3 Å². The van der Waals surface area contributed by atoms with Crippen LogP contribution in [0, 0.1) is 7.14 Å². The van der Waals surface area contributed by atoms with Crippen molar-refractivity contribution in [3.63, 3.8) is 0 Å². The lowest BCUT2D eigenvalue weighted by Crippen LogP contribution is -2.40. The average Bonchev–Trinajstić information content (AvgIpc) is 3.34. The molecule has 1 aromatic heterocycles. The largest absolute Gasteiger partial charge is 0.494 e. The van der Waals surface area contributed by atoms with Gasteiger partial charge in [0.25, 0.3) is 11.5 Å². The van der Waals surface area contributed by atoms with E-state index in [1.165, 1.54) is 11.3 Å². The van der Waals surface area contributed by atoms with Crippen LogP contribution in [0.15, 0.2) is 112 Å². The second kappa shape index (κ2) is 14.8. The fraction of sp³-hybridized carbons (Fsp3) is 0.139. The molecular formula is C36H28ClI2N3O4S. The molecule has 7 nitrogen and oxygen atoms in total. The van der Waals surface area contributed by atoms with E-state index in [0.717, 1.165) is 23.8 Å². The minimum Gasteiger partial charge on any atom is -0.494 e. The normalized spacial score (nSPS) is 14.4. The highest BCUT2D eigenvalue weighted by Crippen LogP contribution is 2.33. The van der Waals surface area contributed by atoms with Crippen LogP contribution in [0.25, 0.3) is 6.08 Å². The van der Waals surface area contributed by atoms with Crippen LogP contribution in [0.5, 0.6) is 11.5 Å². The molecule has 0 aliphatic carbocycles. The number of ether oxygens (including phenoxy) is 2. The molecule has 0 saturated carbocycles. The molecule has 0 spiro atoms. The van der Waals surface area contributed by atoms with Gasteiger partial charge < -0.3 is 14.8 Å². The SMILES string of the molecule is CCOc1ccc([C@@H]2C(C(=O)Nc3ccccc3)=C(C)N=c3s/c(=C\c4cc(I)cc(I)c4OCc4cccc(Cl)c4)c(=O)n32)cc1. The third kappa shape index (κ3) is 7.50. The lowest BCUT2D eigenvalue weighted by Gasteiger charge is -2.25. The van der Waals surface area contributed by atoms with Gasteiger partial charge in [0.15, 0.2) is 4.80 Å². The number of carbonyl (C=O) groups excluding carboxylic acids is 1. The maximum atomic E-state index is 14.3. The van der Waals surface area contributed by atoms with Crippen molar-refractivity contribution in [2.24, 2.45) is 4.99 Å². The zero-order chi connectivity index (χ0) is 33.1. The van der Waals surface area contributed by atoms with Gasteiger partial charge in [-0.1, -0.05) is 65.4 Å². The number of anilines is 1. The molecule has 1 N–H and O–H groups in total. The number of hydrogen-bond donors (Lipinski definition) is 1. The Morgan fingerprint density at radius 1 is 1.02 bits per heavy atom. The Morgan fingerprint density at radius 3 is 2.51 bits per heavy atom. The topological polar surface area (TPSA) is 81.9 Å². The van der Waals surface area contributed by atoms with Crippen LogP contribution in [-0.4, -0.2) is 17.1 Å². The van der Waals surface area contributed by atoms with E-state index in [9.17, 15) is 9.59 Å². The quantitative estimate of drug-likeness (QED) is 0.154. The van der Waals surface area contributed by atoms with Gasteiger partial charge in [0.2, 0.25) is 0 Å². The lowest BCUT2D eigenvalue weighted by molar-refractivity contribution is -0.113. The first kappa shape index (κ1) is 33.4. The highest BCUT2D eigenvalue weighted by molar-refractivity contribution is 14.1. The predicted molar refractivity (Wildman–Crippen MR) is 204 cm³/mol. The van der Waals surface area contributed by atoms with Gasteiger partial charge >= 0.3 is 0 Å². The summed E-state index contributed by atoms with van der Waals surface area (Å²) < 4.78 is 16.0. The molecule has 11 heteroatoms. The average molecular weight is 888 g/mol. The molecule has 6 rings (SSSR count). The van der Waals surface area contributed by atoms with E-state index in [-0.39, 0.29) is 11.5 Å². The van der Waals surface area contributed by atoms with E-state index < -0.39 is 6.04 Å². The third-order valence-electron chi connectivity index (χ3n) is 7.40. The summed E-state index contributed by atoms with van der Waals surface area (Å²) in [7, 11) is 0. The summed E-state index contributed by atoms with van der Waals surface area (Å²) in [4.78, 5) is 33.5. The van der Waals surface area contributed by atoms with Crippen molar-refractivity contribution in [2.75, 3.05) is 11.9 Å². The molecule has 2 heterocycles. The summed E-state index contributed by atoms with van der Waals surface area (Å²) in [6, 6.07) is 27.6. The molecule has 4 aromatic carbocycles. The number of rotatable bonds is 9. The van der Waals surface area contributed by atoms with E-state index in [1.807, 2.05) is 111 Å². The zero-order valence-electron chi connectivity index (χ0n) is 25.3. The molecule has 0 fully saturated rings. The van der Waals surface area contributed by atoms with Gasteiger partial charge in [-0.2, -0.15) is 0 Å². The molecule has 0 saturated heterocycles. The Morgan fingerprint density at radius 2 is 1.79 bits per heavy atom. The van der Waals surface area contributed by atoms with Crippen molar-refractivity contribution in [1.82, 2.24) is 4.57 Å². The Balaban J connectivity index is 1.46. The number of nitrogens with one attached hydrogen (secondary N) is 1. The van der Waals surface area contributed by atoms with Crippen molar-refractivity contribution in [2.45, 2.75) is 26.5 Å². The fourth-order valence-electron chi connectivity index (χ4n) is 5.32. The number of thiazole rings is 1. The van der Waals surface area contributed by atoms with Gasteiger partial charge in [-0.15, -0.1) is 0 Å². The van der Waals surface area contributed by atoms with Gasteiger partial charge in [-0.3, -0.25) is 14.2 Å². The third-order valence-corrected chi connectivity index (χ3v) is 10.0. The number of nitrogens with zero attached hydrogens (tertiary/aromatic N) is 2. The van der Waals surface area contributed by atoms with Crippen molar-refractivity contribution in [3.05, 3.63) is 151 Å². The molecular weight excluding hydrogens is 860 g/mol. The summed E-state index contributed by atoms with van der Waals surface area (Å²) >= 11 is 12.0. The molecule has 47 heavy (non-hydrogen) atoms. The van der Waals surface area contributed by atoms with Gasteiger partial charge in [0.1, 0.15) is 18.1 Å². The number of amides is 1. The summed E-state index contributed by atoms with van der Waals surface area (Å²) in [5, 5.41) is 3.63. The van der Waals surface area contributed by atoms with Crippen molar-refractivity contribution >= 4 is 85.8 Å². The van der Waals surface area contributed by atoms with Gasteiger partial charge in [-0.25, -0.2) is 4.99 Å². The molecule has 1 atom stereocenters. The van der Waals surface area contributed by atoms with Crippen LogP contribution in [0.1, 0.15) is 36.6 Å². The van der Waals surface area contributed by atoms with Crippen LogP contribution in [0.4, 0.5) is 5.69 Å². The van der Waals surface area contributed by atoms with E-state index in [0.29, 0.717) is 56.0 Å². The molecule has 1 amide bonds. The number of hydrogen-bond acceptors (Lipinski definition) is 6. The number of aromatic nitrogens is 1. The summed E-state index contributed by atoms with van der Waals surface area (Å²) in [5.74, 6) is 1.05. The van der Waals surface area contributed by atoms with E-state index in [4.69, 9.17) is 26.1 Å². The number of allylic oxidation sites excluding steroid dienone is 1. The molecule has 0 radical (unpaired) electrons. The molecule has 0 unspecified atom stereocenters.